The van der Waals surface area contributed by atoms with Crippen molar-refractivity contribution in [2.24, 2.45) is 7.05 Å². The number of sulfonamides is 1. The Balaban J connectivity index is 1.95. The van der Waals surface area contributed by atoms with Crippen molar-refractivity contribution >= 4 is 38.2 Å². The second kappa shape index (κ2) is 5.05. The molecule has 3 rings (SSSR count). The van der Waals surface area contributed by atoms with Crippen LogP contribution in [-0.4, -0.2) is 18.2 Å². The third-order valence-electron chi connectivity index (χ3n) is 3.12. The maximum atomic E-state index is 12.3. The first kappa shape index (κ1) is 13.9. The number of fused-ring (bicyclic) bond motifs is 1. The maximum absolute atomic E-state index is 12.3. The Labute approximate surface area is 127 Å². The zero-order valence-corrected chi connectivity index (χ0v) is 12.7. The molecule has 0 aliphatic carbocycles. The van der Waals surface area contributed by atoms with Gasteiger partial charge in [0.15, 0.2) is 0 Å². The number of nitrogens with one attached hydrogen (secondary N) is 1. The predicted octanol–water partition coefficient (Wildman–Crippen LogP) is 3.03. The number of hydrogen-bond acceptors (Lipinski definition) is 3. The van der Waals surface area contributed by atoms with E-state index in [1.54, 1.807) is 35.1 Å². The Morgan fingerprint density at radius 2 is 1.86 bits per heavy atom. The molecule has 0 bridgehead atoms. The second-order valence-electron chi connectivity index (χ2n) is 4.60. The average molecular weight is 322 g/mol. The van der Waals surface area contributed by atoms with E-state index < -0.39 is 10.0 Å². The van der Waals surface area contributed by atoms with Gasteiger partial charge in [-0.3, -0.25) is 9.40 Å². The van der Waals surface area contributed by atoms with Crippen molar-refractivity contribution in [3.63, 3.8) is 0 Å². The summed E-state index contributed by atoms with van der Waals surface area (Å²) in [4.78, 5) is 0.165. The van der Waals surface area contributed by atoms with Crippen LogP contribution in [0.3, 0.4) is 0 Å². The van der Waals surface area contributed by atoms with E-state index in [0.717, 1.165) is 10.9 Å². The molecule has 3 aromatic rings. The van der Waals surface area contributed by atoms with Gasteiger partial charge in [-0.1, -0.05) is 11.6 Å². The van der Waals surface area contributed by atoms with Crippen LogP contribution in [0.15, 0.2) is 53.6 Å². The van der Waals surface area contributed by atoms with Gasteiger partial charge in [-0.05, 0) is 42.5 Å². The van der Waals surface area contributed by atoms with Crippen LogP contribution >= 0.6 is 11.6 Å². The lowest BCUT2D eigenvalue weighted by atomic mass is 10.2. The molecule has 1 heterocycles. The van der Waals surface area contributed by atoms with Gasteiger partial charge in [0, 0.05) is 23.1 Å². The van der Waals surface area contributed by atoms with Crippen LogP contribution in [0, 0.1) is 0 Å². The van der Waals surface area contributed by atoms with Crippen LogP contribution < -0.4 is 4.72 Å². The smallest absolute Gasteiger partial charge is 0.261 e. The molecule has 2 aromatic carbocycles. The van der Waals surface area contributed by atoms with E-state index in [4.69, 9.17) is 11.6 Å². The Morgan fingerprint density at radius 3 is 2.57 bits per heavy atom. The van der Waals surface area contributed by atoms with E-state index in [0.29, 0.717) is 10.7 Å². The molecular weight excluding hydrogens is 310 g/mol. The highest BCUT2D eigenvalue weighted by Crippen LogP contribution is 2.22. The number of benzene rings is 2. The standard InChI is InChI=1S/C14H12ClN3O2S/c1-18-14-7-4-12(8-10(14)9-16-18)17-21(19,20)13-5-2-11(15)3-6-13/h2-9,17H,1H3. The first-order valence-corrected chi connectivity index (χ1v) is 8.02. The van der Waals surface area contributed by atoms with E-state index in [2.05, 4.69) is 9.82 Å². The summed E-state index contributed by atoms with van der Waals surface area (Å²) in [6.45, 7) is 0. The third kappa shape index (κ3) is 2.72. The number of hydrogen-bond donors (Lipinski definition) is 1. The molecule has 0 amide bonds. The van der Waals surface area contributed by atoms with Gasteiger partial charge in [0.05, 0.1) is 16.6 Å². The molecular formula is C14H12ClN3O2S. The van der Waals surface area contributed by atoms with Crippen molar-refractivity contribution in [3.8, 4) is 0 Å². The van der Waals surface area contributed by atoms with E-state index >= 15 is 0 Å². The van der Waals surface area contributed by atoms with Gasteiger partial charge in [-0.2, -0.15) is 5.10 Å². The lowest BCUT2D eigenvalue weighted by molar-refractivity contribution is 0.601. The fourth-order valence-corrected chi connectivity index (χ4v) is 3.23. The monoisotopic (exact) mass is 321 g/mol. The van der Waals surface area contributed by atoms with E-state index in [1.165, 1.54) is 12.1 Å². The highest BCUT2D eigenvalue weighted by atomic mass is 35.5. The topological polar surface area (TPSA) is 64.0 Å². The van der Waals surface area contributed by atoms with Gasteiger partial charge in [-0.25, -0.2) is 8.42 Å². The molecule has 0 aliphatic rings. The predicted molar refractivity (Wildman–Crippen MR) is 83.0 cm³/mol. The molecule has 0 atom stereocenters. The van der Waals surface area contributed by atoms with Gasteiger partial charge >= 0.3 is 0 Å². The van der Waals surface area contributed by atoms with Gasteiger partial charge < -0.3 is 0 Å². The van der Waals surface area contributed by atoms with Crippen molar-refractivity contribution in [3.05, 3.63) is 53.7 Å². The molecule has 0 unspecified atom stereocenters. The first-order chi connectivity index (χ1) is 9.95. The Kier molecular flexibility index (Phi) is 3.35. The van der Waals surface area contributed by atoms with Crippen molar-refractivity contribution in [2.45, 2.75) is 4.90 Å². The molecule has 5 nitrogen and oxygen atoms in total. The van der Waals surface area contributed by atoms with Gasteiger partial charge in [-0.15, -0.1) is 0 Å². The normalized spacial score (nSPS) is 11.7. The fourth-order valence-electron chi connectivity index (χ4n) is 2.05. The lowest BCUT2D eigenvalue weighted by Gasteiger charge is -2.08. The summed E-state index contributed by atoms with van der Waals surface area (Å²) in [6.07, 6.45) is 1.69. The van der Waals surface area contributed by atoms with Crippen molar-refractivity contribution in [1.29, 1.82) is 0 Å². The number of aryl methyl sites for hydroxylation is 1. The van der Waals surface area contributed by atoms with E-state index in [9.17, 15) is 8.42 Å². The van der Waals surface area contributed by atoms with Crippen LogP contribution in [0.1, 0.15) is 0 Å². The molecule has 0 aliphatic heterocycles. The van der Waals surface area contributed by atoms with Crippen LogP contribution in [0.4, 0.5) is 5.69 Å². The summed E-state index contributed by atoms with van der Waals surface area (Å²) in [5, 5.41) is 5.49. The summed E-state index contributed by atoms with van der Waals surface area (Å²) in [6, 6.07) is 11.3. The number of halogens is 1. The maximum Gasteiger partial charge on any atom is 0.261 e. The van der Waals surface area contributed by atoms with Crippen LogP contribution in [0.25, 0.3) is 10.9 Å². The minimum atomic E-state index is -3.63. The fraction of sp³-hybridized carbons (Fsp3) is 0.0714. The van der Waals surface area contributed by atoms with Crippen molar-refractivity contribution in [2.75, 3.05) is 4.72 Å². The summed E-state index contributed by atoms with van der Waals surface area (Å²) < 4.78 is 28.8. The summed E-state index contributed by atoms with van der Waals surface area (Å²) in [7, 11) is -1.79. The van der Waals surface area contributed by atoms with Gasteiger partial charge in [0.1, 0.15) is 0 Å². The molecule has 7 heteroatoms. The summed E-state index contributed by atoms with van der Waals surface area (Å²) in [5.41, 5.74) is 1.43. The Bertz CT molecular complexity index is 902. The zero-order valence-electron chi connectivity index (χ0n) is 11.1. The SMILES string of the molecule is Cn1ncc2cc(NS(=O)(=O)c3ccc(Cl)cc3)ccc21. The third-order valence-corrected chi connectivity index (χ3v) is 4.77. The summed E-state index contributed by atoms with van der Waals surface area (Å²) in [5.74, 6) is 0. The number of anilines is 1. The highest BCUT2D eigenvalue weighted by molar-refractivity contribution is 7.92. The van der Waals surface area contributed by atoms with Gasteiger partial charge in [0.2, 0.25) is 0 Å². The van der Waals surface area contributed by atoms with Crippen LogP contribution in [-0.2, 0) is 17.1 Å². The lowest BCUT2D eigenvalue weighted by Crippen LogP contribution is -2.12. The van der Waals surface area contributed by atoms with Crippen LogP contribution in [0.5, 0.6) is 0 Å². The molecule has 108 valence electrons. The summed E-state index contributed by atoms with van der Waals surface area (Å²) >= 11 is 5.77. The largest absolute Gasteiger partial charge is 0.280 e. The Morgan fingerprint density at radius 1 is 1.14 bits per heavy atom. The average Bonchev–Trinajstić information content (AvgIpc) is 2.80. The zero-order chi connectivity index (χ0) is 15.0. The molecule has 0 saturated carbocycles. The minimum absolute atomic E-state index is 0.165. The Hall–Kier alpha value is -2.05. The molecule has 0 saturated heterocycles. The molecule has 0 fully saturated rings. The highest BCUT2D eigenvalue weighted by Gasteiger charge is 2.14. The quantitative estimate of drug-likeness (QED) is 0.806. The van der Waals surface area contributed by atoms with Crippen molar-refractivity contribution in [1.82, 2.24) is 9.78 Å². The number of aromatic nitrogens is 2. The molecule has 21 heavy (non-hydrogen) atoms. The number of nitrogens with zero attached hydrogens (tertiary/aromatic N) is 2. The molecule has 1 aromatic heterocycles. The second-order valence-corrected chi connectivity index (χ2v) is 6.72. The molecule has 0 spiro atoms. The van der Waals surface area contributed by atoms with E-state index in [-0.39, 0.29) is 4.90 Å². The van der Waals surface area contributed by atoms with Crippen LogP contribution in [0.2, 0.25) is 5.02 Å². The van der Waals surface area contributed by atoms with E-state index in [1.807, 2.05) is 13.1 Å². The van der Waals surface area contributed by atoms with Gasteiger partial charge in [0.25, 0.3) is 10.0 Å². The van der Waals surface area contributed by atoms with Crippen molar-refractivity contribution < 1.29 is 8.42 Å². The number of rotatable bonds is 3. The first-order valence-electron chi connectivity index (χ1n) is 6.16. The molecule has 1 N–H and O–H groups in total. The minimum Gasteiger partial charge on any atom is -0.280 e. The molecule has 0 radical (unpaired) electrons.